The molecule has 154 valence electrons. The zero-order valence-corrected chi connectivity index (χ0v) is 17.3. The van der Waals surface area contributed by atoms with E-state index in [1.54, 1.807) is 26.0 Å². The summed E-state index contributed by atoms with van der Waals surface area (Å²) in [6.07, 6.45) is 1.61. The van der Waals surface area contributed by atoms with Crippen LogP contribution in [-0.4, -0.2) is 29.3 Å². The number of aromatic nitrogens is 2. The molecule has 0 spiro atoms. The number of carbonyl (C=O) groups excluding carboxylic acids is 1. The van der Waals surface area contributed by atoms with Crippen molar-refractivity contribution in [3.8, 4) is 11.5 Å². The fourth-order valence-corrected chi connectivity index (χ4v) is 3.22. The Morgan fingerprint density at radius 2 is 2.03 bits per heavy atom. The fraction of sp³-hybridized carbons (Fsp3) is 0.227. The number of fused-ring (bicyclic) bond motifs is 2. The van der Waals surface area contributed by atoms with Gasteiger partial charge in [-0.1, -0.05) is 17.7 Å². The van der Waals surface area contributed by atoms with Crippen LogP contribution >= 0.6 is 11.6 Å². The molecule has 0 bridgehead atoms. The summed E-state index contributed by atoms with van der Waals surface area (Å²) in [7, 11) is 0. The Labute approximate surface area is 178 Å². The molecule has 30 heavy (non-hydrogen) atoms. The second kappa shape index (κ2) is 8.59. The first-order valence-electron chi connectivity index (χ1n) is 9.48. The zero-order valence-electron chi connectivity index (χ0n) is 16.6. The van der Waals surface area contributed by atoms with Gasteiger partial charge in [-0.05, 0) is 55.8 Å². The van der Waals surface area contributed by atoms with Crippen molar-refractivity contribution in [3.05, 3.63) is 58.4 Å². The van der Waals surface area contributed by atoms with E-state index in [0.29, 0.717) is 40.9 Å². The van der Waals surface area contributed by atoms with Crippen molar-refractivity contribution in [2.75, 3.05) is 18.7 Å². The Bertz CT molecular complexity index is 1150. The predicted molar refractivity (Wildman–Crippen MR) is 115 cm³/mol. The molecule has 1 aliphatic heterocycles. The molecule has 0 atom stereocenters. The number of anilines is 1. The minimum Gasteiger partial charge on any atom is -0.463 e. The molecule has 0 unspecified atom stereocenters. The molecule has 0 saturated carbocycles. The smallest absolute Gasteiger partial charge is 0.333 e. The molecule has 1 N–H and O–H groups in total. The van der Waals surface area contributed by atoms with Crippen molar-refractivity contribution in [1.82, 2.24) is 9.97 Å². The molecular weight excluding hydrogens is 406 g/mol. The van der Waals surface area contributed by atoms with Gasteiger partial charge >= 0.3 is 5.97 Å². The van der Waals surface area contributed by atoms with Gasteiger partial charge in [-0.25, -0.2) is 14.8 Å². The number of benzene rings is 2. The van der Waals surface area contributed by atoms with E-state index in [0.717, 1.165) is 22.4 Å². The minimum atomic E-state index is -0.396. The first kappa shape index (κ1) is 20.0. The van der Waals surface area contributed by atoms with Crippen LogP contribution in [0.4, 0.5) is 5.82 Å². The molecule has 1 aliphatic rings. The third-order valence-corrected chi connectivity index (χ3v) is 4.75. The third kappa shape index (κ3) is 4.31. The lowest BCUT2D eigenvalue weighted by Gasteiger charge is -2.11. The monoisotopic (exact) mass is 425 g/mol. The number of hydrogen-bond donors (Lipinski definition) is 1. The van der Waals surface area contributed by atoms with E-state index in [1.165, 1.54) is 0 Å². The lowest BCUT2D eigenvalue weighted by molar-refractivity contribution is -0.138. The summed E-state index contributed by atoms with van der Waals surface area (Å²) in [4.78, 5) is 21.1. The van der Waals surface area contributed by atoms with Crippen LogP contribution in [0.15, 0.2) is 42.0 Å². The lowest BCUT2D eigenvalue weighted by Crippen LogP contribution is -2.07. The van der Waals surface area contributed by atoms with Crippen LogP contribution in [0, 0.1) is 0 Å². The SMILES string of the molecule is CCOC(=O)/C(C)=C\c1nc(NCc2ccc3c(c2)OCO3)c2cc(Cl)ccc2n1. The number of carbonyl (C=O) groups is 1. The van der Waals surface area contributed by atoms with E-state index in [1.807, 2.05) is 30.3 Å². The maximum Gasteiger partial charge on any atom is 0.333 e. The van der Waals surface area contributed by atoms with Gasteiger partial charge in [0.2, 0.25) is 6.79 Å². The van der Waals surface area contributed by atoms with Crippen LogP contribution in [0.2, 0.25) is 5.02 Å². The van der Waals surface area contributed by atoms with Crippen LogP contribution in [0.5, 0.6) is 11.5 Å². The van der Waals surface area contributed by atoms with Crippen molar-refractivity contribution >= 4 is 40.4 Å². The van der Waals surface area contributed by atoms with E-state index in [9.17, 15) is 4.79 Å². The highest BCUT2D eigenvalue weighted by atomic mass is 35.5. The van der Waals surface area contributed by atoms with Crippen molar-refractivity contribution in [1.29, 1.82) is 0 Å². The maximum atomic E-state index is 11.9. The summed E-state index contributed by atoms with van der Waals surface area (Å²) in [5, 5.41) is 4.71. The first-order chi connectivity index (χ1) is 14.5. The van der Waals surface area contributed by atoms with Gasteiger partial charge in [0.05, 0.1) is 12.1 Å². The molecule has 8 heteroatoms. The average molecular weight is 426 g/mol. The van der Waals surface area contributed by atoms with Gasteiger partial charge < -0.3 is 19.5 Å². The summed E-state index contributed by atoms with van der Waals surface area (Å²) < 4.78 is 15.8. The molecule has 3 aromatic rings. The second-order valence-corrected chi connectivity index (χ2v) is 7.12. The van der Waals surface area contributed by atoms with Crippen LogP contribution < -0.4 is 14.8 Å². The molecule has 0 aliphatic carbocycles. The highest BCUT2D eigenvalue weighted by Gasteiger charge is 2.14. The normalized spacial score (nSPS) is 12.8. The zero-order chi connectivity index (χ0) is 21.1. The van der Waals surface area contributed by atoms with E-state index in [4.69, 9.17) is 25.8 Å². The van der Waals surface area contributed by atoms with Crippen molar-refractivity contribution in [3.63, 3.8) is 0 Å². The van der Waals surface area contributed by atoms with E-state index in [2.05, 4.69) is 15.3 Å². The Balaban J connectivity index is 1.65. The molecule has 0 fully saturated rings. The van der Waals surface area contributed by atoms with Gasteiger partial charge in [-0.3, -0.25) is 0 Å². The number of hydrogen-bond acceptors (Lipinski definition) is 7. The van der Waals surface area contributed by atoms with Crippen LogP contribution in [0.1, 0.15) is 25.2 Å². The van der Waals surface area contributed by atoms with Gasteiger partial charge in [0.15, 0.2) is 17.3 Å². The number of halogens is 1. The van der Waals surface area contributed by atoms with Crippen LogP contribution in [0.25, 0.3) is 17.0 Å². The number of esters is 1. The maximum absolute atomic E-state index is 11.9. The summed E-state index contributed by atoms with van der Waals surface area (Å²) in [6.45, 7) is 4.49. The number of rotatable bonds is 6. The standard InChI is InChI=1S/C22H20ClN3O4/c1-3-28-22(27)13(2)8-20-25-17-6-5-15(23)10-16(17)21(26-20)24-11-14-4-7-18-19(9-14)30-12-29-18/h4-10H,3,11-12H2,1-2H3,(H,24,25,26)/b13-8-. The quantitative estimate of drug-likeness (QED) is 0.456. The van der Waals surface area contributed by atoms with Gasteiger partial charge in [0, 0.05) is 22.5 Å². The molecule has 7 nitrogen and oxygen atoms in total. The van der Waals surface area contributed by atoms with Crippen molar-refractivity contribution in [2.24, 2.45) is 0 Å². The largest absolute Gasteiger partial charge is 0.463 e. The third-order valence-electron chi connectivity index (χ3n) is 4.52. The number of ether oxygens (including phenoxy) is 3. The molecule has 0 radical (unpaired) electrons. The van der Waals surface area contributed by atoms with Crippen molar-refractivity contribution < 1.29 is 19.0 Å². The van der Waals surface area contributed by atoms with Gasteiger partial charge in [-0.2, -0.15) is 0 Å². The van der Waals surface area contributed by atoms with E-state index in [-0.39, 0.29) is 6.79 Å². The molecule has 4 rings (SSSR count). The van der Waals surface area contributed by atoms with Crippen LogP contribution in [0.3, 0.4) is 0 Å². The van der Waals surface area contributed by atoms with Gasteiger partial charge in [0.1, 0.15) is 5.82 Å². The molecular formula is C22H20ClN3O4. The highest BCUT2D eigenvalue weighted by molar-refractivity contribution is 6.31. The Kier molecular flexibility index (Phi) is 5.72. The Morgan fingerprint density at radius 1 is 1.20 bits per heavy atom. The summed E-state index contributed by atoms with van der Waals surface area (Å²) in [6, 6.07) is 11.2. The number of nitrogens with one attached hydrogen (secondary N) is 1. The minimum absolute atomic E-state index is 0.233. The Morgan fingerprint density at radius 3 is 2.87 bits per heavy atom. The number of nitrogens with zero attached hydrogens (tertiary/aromatic N) is 2. The average Bonchev–Trinajstić information content (AvgIpc) is 3.20. The Hall–Kier alpha value is -3.32. The molecule has 2 aromatic carbocycles. The highest BCUT2D eigenvalue weighted by Crippen LogP contribution is 2.33. The topological polar surface area (TPSA) is 82.6 Å². The predicted octanol–water partition coefficient (Wildman–Crippen LogP) is 4.59. The summed E-state index contributed by atoms with van der Waals surface area (Å²) >= 11 is 6.19. The van der Waals surface area contributed by atoms with E-state index >= 15 is 0 Å². The molecule has 0 amide bonds. The molecule has 1 aromatic heterocycles. The molecule has 0 saturated heterocycles. The van der Waals surface area contributed by atoms with Gasteiger partial charge in [-0.15, -0.1) is 0 Å². The summed E-state index contributed by atoms with van der Waals surface area (Å²) in [5.74, 6) is 2.08. The lowest BCUT2D eigenvalue weighted by atomic mass is 10.2. The van der Waals surface area contributed by atoms with Gasteiger partial charge in [0.25, 0.3) is 0 Å². The molecule has 2 heterocycles. The fourth-order valence-electron chi connectivity index (χ4n) is 3.05. The van der Waals surface area contributed by atoms with Crippen LogP contribution in [-0.2, 0) is 16.1 Å². The first-order valence-corrected chi connectivity index (χ1v) is 9.86. The summed E-state index contributed by atoms with van der Waals surface area (Å²) in [5.41, 5.74) is 2.14. The van der Waals surface area contributed by atoms with Crippen molar-refractivity contribution in [2.45, 2.75) is 20.4 Å². The van der Waals surface area contributed by atoms with E-state index < -0.39 is 5.97 Å². The second-order valence-electron chi connectivity index (χ2n) is 6.68.